The Labute approximate surface area is 180 Å². The predicted molar refractivity (Wildman–Crippen MR) is 116 cm³/mol. The second-order valence-electron chi connectivity index (χ2n) is 8.12. The van der Waals surface area contributed by atoms with Crippen molar-refractivity contribution in [2.75, 3.05) is 23.7 Å². The van der Waals surface area contributed by atoms with Crippen LogP contribution in [-0.2, 0) is 6.61 Å². The van der Waals surface area contributed by atoms with E-state index in [-0.39, 0.29) is 27.9 Å². The third kappa shape index (κ3) is 3.54. The number of anilines is 2. The summed E-state index contributed by atoms with van der Waals surface area (Å²) >= 11 is 12.5. The second-order valence-corrected chi connectivity index (χ2v) is 8.88. The molecule has 156 valence electrons. The van der Waals surface area contributed by atoms with E-state index in [1.54, 1.807) is 0 Å². The molecule has 0 radical (unpaired) electrons. The summed E-state index contributed by atoms with van der Waals surface area (Å²) in [6, 6.07) is 0.294. The summed E-state index contributed by atoms with van der Waals surface area (Å²) < 4.78 is 0. The van der Waals surface area contributed by atoms with Crippen molar-refractivity contribution in [1.82, 2.24) is 15.0 Å². The zero-order chi connectivity index (χ0) is 20.8. The first-order valence-corrected chi connectivity index (χ1v) is 10.7. The fourth-order valence-corrected chi connectivity index (χ4v) is 5.14. The number of nitrogen functional groups attached to an aromatic ring is 1. The number of rotatable bonds is 3. The van der Waals surface area contributed by atoms with Gasteiger partial charge in [0.05, 0.1) is 23.0 Å². The number of hydrogen-bond acceptors (Lipinski definition) is 7. The van der Waals surface area contributed by atoms with E-state index in [0.717, 1.165) is 38.2 Å². The molecule has 1 atom stereocenters. The van der Waals surface area contributed by atoms with Gasteiger partial charge in [0.25, 0.3) is 0 Å². The molecule has 1 spiro atoms. The van der Waals surface area contributed by atoms with E-state index in [9.17, 15) is 5.11 Å². The van der Waals surface area contributed by atoms with Gasteiger partial charge in [-0.15, -0.1) is 0 Å². The quantitative estimate of drug-likeness (QED) is 0.675. The summed E-state index contributed by atoms with van der Waals surface area (Å²) in [5.41, 5.74) is 14.7. The van der Waals surface area contributed by atoms with Gasteiger partial charge in [-0.25, -0.2) is 15.0 Å². The molecule has 9 heteroatoms. The number of aliphatic hydroxyl groups excluding tert-OH is 1. The van der Waals surface area contributed by atoms with Crippen molar-refractivity contribution in [3.8, 4) is 11.3 Å². The Kier molecular flexibility index (Phi) is 5.59. The van der Waals surface area contributed by atoms with Crippen LogP contribution in [0.15, 0.2) is 6.20 Å². The van der Waals surface area contributed by atoms with Crippen molar-refractivity contribution < 1.29 is 5.11 Å². The highest BCUT2D eigenvalue weighted by Gasteiger charge is 2.43. The molecule has 4 rings (SSSR count). The molecule has 0 aromatic carbocycles. The molecule has 2 aromatic heterocycles. The zero-order valence-electron chi connectivity index (χ0n) is 16.5. The number of hydrogen-bond donors (Lipinski definition) is 3. The van der Waals surface area contributed by atoms with Gasteiger partial charge in [0, 0.05) is 30.9 Å². The molecule has 0 bridgehead atoms. The molecule has 0 unspecified atom stereocenters. The largest absolute Gasteiger partial charge is 0.390 e. The molecule has 2 aromatic rings. The fraction of sp³-hybridized carbons (Fsp3) is 0.550. The maximum Gasteiger partial charge on any atom is 0.153 e. The number of piperidine rings is 1. The summed E-state index contributed by atoms with van der Waals surface area (Å²) in [5, 5.41) is 10.5. The summed E-state index contributed by atoms with van der Waals surface area (Å²) in [4.78, 5) is 15.7. The normalized spacial score (nSPS) is 21.1. The van der Waals surface area contributed by atoms with E-state index < -0.39 is 0 Å². The molecule has 1 aliphatic carbocycles. The van der Waals surface area contributed by atoms with Gasteiger partial charge in [-0.2, -0.15) is 0 Å². The molecule has 3 heterocycles. The third-order valence-corrected chi connectivity index (χ3v) is 7.42. The van der Waals surface area contributed by atoms with Gasteiger partial charge in [0.2, 0.25) is 0 Å². The first kappa shape index (κ1) is 20.6. The number of aliphatic hydroxyl groups is 1. The van der Waals surface area contributed by atoms with Crippen LogP contribution >= 0.6 is 23.2 Å². The highest BCUT2D eigenvalue weighted by molar-refractivity contribution is 6.45. The van der Waals surface area contributed by atoms with Gasteiger partial charge < -0.3 is 21.5 Å². The number of nitrogens with zero attached hydrogens (tertiary/aromatic N) is 4. The van der Waals surface area contributed by atoms with Crippen LogP contribution in [0, 0.1) is 12.3 Å². The van der Waals surface area contributed by atoms with Crippen molar-refractivity contribution in [2.45, 2.75) is 51.7 Å². The standard InChI is InChI=1S/C20H26Cl2N6O/c1-11-17(12-9-25-18(24)16(22)15(12)21)27-13(10-29)19(26-11)28-7-5-20(6-8-28)4-2-3-14(20)23/h9,14,29H,2-8,10,23H2,1H3,(H2,24,25)/t14-/m1/s1. The summed E-state index contributed by atoms with van der Waals surface area (Å²) in [6.07, 6.45) is 7.18. The van der Waals surface area contributed by atoms with E-state index in [0.29, 0.717) is 28.7 Å². The zero-order valence-corrected chi connectivity index (χ0v) is 18.0. The fourth-order valence-electron chi connectivity index (χ4n) is 4.75. The molecule has 5 N–H and O–H groups in total. The van der Waals surface area contributed by atoms with Gasteiger partial charge in [0.1, 0.15) is 16.5 Å². The Hall–Kier alpha value is -1.67. The lowest BCUT2D eigenvalue weighted by Crippen LogP contribution is -2.47. The van der Waals surface area contributed by atoms with Gasteiger partial charge in [-0.3, -0.25) is 0 Å². The molecule has 7 nitrogen and oxygen atoms in total. The molecular weight excluding hydrogens is 411 g/mol. The number of nitrogens with two attached hydrogens (primary N) is 2. The molecule has 2 aliphatic rings. The first-order chi connectivity index (χ1) is 13.9. The minimum Gasteiger partial charge on any atom is -0.390 e. The minimum atomic E-state index is -0.218. The van der Waals surface area contributed by atoms with Crippen LogP contribution < -0.4 is 16.4 Å². The minimum absolute atomic E-state index is 0.164. The smallest absolute Gasteiger partial charge is 0.153 e. The van der Waals surface area contributed by atoms with Crippen LogP contribution in [0.5, 0.6) is 0 Å². The maximum atomic E-state index is 9.98. The highest BCUT2D eigenvalue weighted by atomic mass is 35.5. The van der Waals surface area contributed by atoms with Crippen LogP contribution in [0.1, 0.15) is 43.5 Å². The van der Waals surface area contributed by atoms with Gasteiger partial charge in [-0.05, 0) is 38.0 Å². The average molecular weight is 437 g/mol. The van der Waals surface area contributed by atoms with Gasteiger partial charge in [0.15, 0.2) is 5.82 Å². The molecule has 0 amide bonds. The lowest BCUT2D eigenvalue weighted by Gasteiger charge is -2.42. The van der Waals surface area contributed by atoms with E-state index in [4.69, 9.17) is 39.7 Å². The van der Waals surface area contributed by atoms with Crippen LogP contribution in [0.3, 0.4) is 0 Å². The lowest BCUT2D eigenvalue weighted by atomic mass is 9.74. The van der Waals surface area contributed by atoms with Crippen LogP contribution in [0.25, 0.3) is 11.3 Å². The molecular formula is C20H26Cl2N6O. The van der Waals surface area contributed by atoms with E-state index in [1.807, 2.05) is 6.92 Å². The number of aromatic nitrogens is 3. The second kappa shape index (κ2) is 7.87. The molecule has 2 fully saturated rings. The number of aryl methyl sites for hydroxylation is 1. The van der Waals surface area contributed by atoms with Gasteiger partial charge >= 0.3 is 0 Å². The van der Waals surface area contributed by atoms with Crippen molar-refractivity contribution >= 4 is 34.8 Å². The number of halogens is 2. The van der Waals surface area contributed by atoms with E-state index >= 15 is 0 Å². The Balaban J connectivity index is 1.65. The Bertz CT molecular complexity index is 930. The van der Waals surface area contributed by atoms with Gasteiger partial charge in [-0.1, -0.05) is 29.6 Å². The van der Waals surface area contributed by atoms with E-state index in [2.05, 4.69) is 14.9 Å². The molecule has 1 aliphatic heterocycles. The lowest BCUT2D eigenvalue weighted by molar-refractivity contribution is 0.196. The Morgan fingerprint density at radius 3 is 2.55 bits per heavy atom. The predicted octanol–water partition coefficient (Wildman–Crippen LogP) is 3.33. The average Bonchev–Trinajstić information content (AvgIpc) is 3.07. The molecule has 1 saturated heterocycles. The van der Waals surface area contributed by atoms with Crippen molar-refractivity contribution in [3.05, 3.63) is 27.6 Å². The summed E-state index contributed by atoms with van der Waals surface area (Å²) in [7, 11) is 0. The third-order valence-electron chi connectivity index (χ3n) is 6.55. The number of pyridine rings is 1. The first-order valence-electron chi connectivity index (χ1n) is 9.95. The van der Waals surface area contributed by atoms with Crippen molar-refractivity contribution in [1.29, 1.82) is 0 Å². The maximum absolute atomic E-state index is 9.98. The van der Waals surface area contributed by atoms with Crippen molar-refractivity contribution in [3.63, 3.8) is 0 Å². The topological polar surface area (TPSA) is 114 Å². The summed E-state index contributed by atoms with van der Waals surface area (Å²) in [5.74, 6) is 0.887. The highest BCUT2D eigenvalue weighted by Crippen LogP contribution is 2.46. The monoisotopic (exact) mass is 436 g/mol. The SMILES string of the molecule is Cc1nc(N2CCC3(CCC[C@H]3N)CC2)c(CO)nc1-c1cnc(N)c(Cl)c1Cl. The van der Waals surface area contributed by atoms with Crippen LogP contribution in [0.4, 0.5) is 11.6 Å². The van der Waals surface area contributed by atoms with E-state index in [1.165, 1.54) is 19.0 Å². The van der Waals surface area contributed by atoms with Crippen LogP contribution in [-0.4, -0.2) is 39.2 Å². The Morgan fingerprint density at radius 2 is 1.93 bits per heavy atom. The molecule has 29 heavy (non-hydrogen) atoms. The Morgan fingerprint density at radius 1 is 1.21 bits per heavy atom. The van der Waals surface area contributed by atoms with Crippen molar-refractivity contribution in [2.24, 2.45) is 11.1 Å². The molecule has 1 saturated carbocycles. The summed E-state index contributed by atoms with van der Waals surface area (Å²) in [6.45, 7) is 3.38. The van der Waals surface area contributed by atoms with Crippen LogP contribution in [0.2, 0.25) is 10.0 Å².